The van der Waals surface area contributed by atoms with Crippen LogP contribution in [0.5, 0.6) is 0 Å². The lowest BCUT2D eigenvalue weighted by Crippen LogP contribution is -2.08. The average molecular weight is 275 g/mol. The zero-order chi connectivity index (χ0) is 13.8. The minimum atomic E-state index is 0.424. The number of aromatic amines is 1. The summed E-state index contributed by atoms with van der Waals surface area (Å²) >= 11 is 5.17. The van der Waals surface area contributed by atoms with E-state index >= 15 is 0 Å². The van der Waals surface area contributed by atoms with Crippen LogP contribution in [0.1, 0.15) is 5.82 Å². The lowest BCUT2D eigenvalue weighted by atomic mass is 10.1. The summed E-state index contributed by atoms with van der Waals surface area (Å²) in [6.07, 6.45) is 0. The molecule has 19 heavy (non-hydrogen) atoms. The Morgan fingerprint density at radius 1 is 1.26 bits per heavy atom. The fourth-order valence-electron chi connectivity index (χ4n) is 1.81. The van der Waals surface area contributed by atoms with Crippen molar-refractivity contribution in [1.29, 1.82) is 0 Å². The van der Waals surface area contributed by atoms with E-state index in [0.29, 0.717) is 11.2 Å². The molecule has 0 amide bonds. The Balaban J connectivity index is 2.38. The van der Waals surface area contributed by atoms with Gasteiger partial charge in [0.25, 0.3) is 0 Å². The third-order valence-electron chi connectivity index (χ3n) is 2.77. The molecule has 0 saturated carbocycles. The summed E-state index contributed by atoms with van der Waals surface area (Å²) in [6, 6.07) is 10.1. The standard InChI is InChI=1S/C14H17N3OS/c1-17(2)11-6-4-10(5-7-11)12-8-14(19)16-13(15-12)9-18-3/h4-8H,9H2,1-3H3,(H,15,16,19). The highest BCUT2D eigenvalue weighted by atomic mass is 32.1. The SMILES string of the molecule is COCc1nc(=S)cc(-c2ccc(N(C)C)cc2)[nH]1. The quantitative estimate of drug-likeness (QED) is 0.871. The number of methoxy groups -OCH3 is 1. The predicted molar refractivity (Wildman–Crippen MR) is 79.9 cm³/mol. The fraction of sp³-hybridized carbons (Fsp3) is 0.286. The second kappa shape index (κ2) is 5.95. The molecule has 4 nitrogen and oxygen atoms in total. The van der Waals surface area contributed by atoms with Gasteiger partial charge in [0, 0.05) is 32.6 Å². The van der Waals surface area contributed by atoms with Crippen LogP contribution in [0.3, 0.4) is 0 Å². The van der Waals surface area contributed by atoms with Gasteiger partial charge in [0.05, 0.1) is 0 Å². The van der Waals surface area contributed by atoms with Gasteiger partial charge < -0.3 is 14.6 Å². The third kappa shape index (κ3) is 3.39. The van der Waals surface area contributed by atoms with Crippen LogP contribution in [-0.2, 0) is 11.3 Å². The molecule has 0 unspecified atom stereocenters. The summed E-state index contributed by atoms with van der Waals surface area (Å²) in [4.78, 5) is 9.52. The summed E-state index contributed by atoms with van der Waals surface area (Å²) in [5, 5.41) is 0. The topological polar surface area (TPSA) is 41.1 Å². The molecular formula is C14H17N3OS. The zero-order valence-electron chi connectivity index (χ0n) is 11.3. The molecule has 0 aliphatic heterocycles. The molecule has 5 heteroatoms. The molecule has 0 spiro atoms. The van der Waals surface area contributed by atoms with Gasteiger partial charge in [-0.2, -0.15) is 0 Å². The largest absolute Gasteiger partial charge is 0.378 e. The number of hydrogen-bond acceptors (Lipinski definition) is 4. The van der Waals surface area contributed by atoms with Crippen LogP contribution >= 0.6 is 12.2 Å². The number of aromatic nitrogens is 2. The molecule has 0 aliphatic rings. The number of ether oxygens (including phenoxy) is 1. The Morgan fingerprint density at radius 3 is 2.53 bits per heavy atom. The summed E-state index contributed by atoms with van der Waals surface area (Å²) in [5.74, 6) is 0.738. The lowest BCUT2D eigenvalue weighted by Gasteiger charge is -2.13. The highest BCUT2D eigenvalue weighted by molar-refractivity contribution is 7.71. The smallest absolute Gasteiger partial charge is 0.134 e. The maximum atomic E-state index is 5.17. The van der Waals surface area contributed by atoms with E-state index in [1.54, 1.807) is 7.11 Å². The van der Waals surface area contributed by atoms with Gasteiger partial charge in [0.15, 0.2) is 0 Å². The van der Waals surface area contributed by atoms with Crippen molar-refractivity contribution in [2.24, 2.45) is 0 Å². The predicted octanol–water partition coefficient (Wildman–Crippen LogP) is 3.02. The highest BCUT2D eigenvalue weighted by Crippen LogP contribution is 2.21. The van der Waals surface area contributed by atoms with E-state index in [-0.39, 0.29) is 0 Å². The number of benzene rings is 1. The Morgan fingerprint density at radius 2 is 1.95 bits per heavy atom. The molecular weight excluding hydrogens is 258 g/mol. The van der Waals surface area contributed by atoms with Gasteiger partial charge in [0.1, 0.15) is 17.1 Å². The van der Waals surface area contributed by atoms with Crippen LogP contribution in [0.4, 0.5) is 5.69 Å². The molecule has 1 aromatic carbocycles. The zero-order valence-corrected chi connectivity index (χ0v) is 12.1. The van der Waals surface area contributed by atoms with Crippen LogP contribution in [0, 0.1) is 4.64 Å². The van der Waals surface area contributed by atoms with Crippen LogP contribution in [0.2, 0.25) is 0 Å². The molecule has 0 fully saturated rings. The Hall–Kier alpha value is -1.72. The molecule has 100 valence electrons. The maximum Gasteiger partial charge on any atom is 0.134 e. The first-order chi connectivity index (χ1) is 9.10. The minimum Gasteiger partial charge on any atom is -0.378 e. The van der Waals surface area contributed by atoms with Crippen LogP contribution < -0.4 is 4.90 Å². The van der Waals surface area contributed by atoms with Gasteiger partial charge in [-0.25, -0.2) is 4.98 Å². The molecule has 1 aromatic heterocycles. The molecule has 2 aromatic rings. The van der Waals surface area contributed by atoms with Crippen molar-refractivity contribution in [3.05, 3.63) is 40.8 Å². The molecule has 0 atom stereocenters. The second-order valence-corrected chi connectivity index (χ2v) is 4.87. The maximum absolute atomic E-state index is 5.17. The number of H-pyrrole nitrogens is 1. The highest BCUT2D eigenvalue weighted by Gasteiger charge is 2.03. The Labute approximate surface area is 118 Å². The fourth-order valence-corrected chi connectivity index (χ4v) is 2.04. The first kappa shape index (κ1) is 13.7. The lowest BCUT2D eigenvalue weighted by molar-refractivity contribution is 0.177. The summed E-state index contributed by atoms with van der Waals surface area (Å²) < 4.78 is 5.64. The van der Waals surface area contributed by atoms with Gasteiger partial charge in [-0.3, -0.25) is 0 Å². The monoisotopic (exact) mass is 275 g/mol. The van der Waals surface area contributed by atoms with Crippen molar-refractivity contribution in [2.75, 3.05) is 26.1 Å². The number of nitrogens with zero attached hydrogens (tertiary/aromatic N) is 2. The number of hydrogen-bond donors (Lipinski definition) is 1. The van der Waals surface area contributed by atoms with E-state index in [1.807, 2.05) is 20.2 Å². The normalized spacial score (nSPS) is 10.5. The van der Waals surface area contributed by atoms with E-state index in [2.05, 4.69) is 39.1 Å². The van der Waals surface area contributed by atoms with Crippen molar-refractivity contribution in [1.82, 2.24) is 9.97 Å². The average Bonchev–Trinajstić information content (AvgIpc) is 2.38. The molecule has 1 heterocycles. The number of rotatable bonds is 4. The molecule has 0 aliphatic carbocycles. The number of nitrogens with one attached hydrogen (secondary N) is 1. The van der Waals surface area contributed by atoms with Crippen molar-refractivity contribution < 1.29 is 4.74 Å². The molecule has 2 rings (SSSR count). The number of anilines is 1. The van der Waals surface area contributed by atoms with E-state index < -0.39 is 0 Å². The van der Waals surface area contributed by atoms with Crippen molar-refractivity contribution in [3.63, 3.8) is 0 Å². The van der Waals surface area contributed by atoms with Crippen LogP contribution in [0.25, 0.3) is 11.3 Å². The van der Waals surface area contributed by atoms with Gasteiger partial charge in [-0.1, -0.05) is 24.4 Å². The van der Waals surface area contributed by atoms with E-state index in [0.717, 1.165) is 22.8 Å². The third-order valence-corrected chi connectivity index (χ3v) is 2.98. The van der Waals surface area contributed by atoms with Crippen LogP contribution in [0.15, 0.2) is 30.3 Å². The molecule has 0 bridgehead atoms. The first-order valence-corrected chi connectivity index (χ1v) is 6.38. The molecule has 1 N–H and O–H groups in total. The second-order valence-electron chi connectivity index (χ2n) is 4.45. The Kier molecular flexibility index (Phi) is 4.29. The Bertz CT molecular complexity index is 605. The van der Waals surface area contributed by atoms with Crippen molar-refractivity contribution in [2.45, 2.75) is 6.61 Å². The van der Waals surface area contributed by atoms with Gasteiger partial charge in [0.2, 0.25) is 0 Å². The summed E-state index contributed by atoms with van der Waals surface area (Å²) in [7, 11) is 5.67. The minimum absolute atomic E-state index is 0.424. The van der Waals surface area contributed by atoms with E-state index in [9.17, 15) is 0 Å². The van der Waals surface area contributed by atoms with E-state index in [4.69, 9.17) is 17.0 Å². The van der Waals surface area contributed by atoms with Crippen molar-refractivity contribution >= 4 is 17.9 Å². The van der Waals surface area contributed by atoms with Crippen molar-refractivity contribution in [3.8, 4) is 11.3 Å². The van der Waals surface area contributed by atoms with Gasteiger partial charge >= 0.3 is 0 Å². The van der Waals surface area contributed by atoms with Gasteiger partial charge in [-0.15, -0.1) is 0 Å². The molecule has 0 radical (unpaired) electrons. The summed E-state index contributed by atoms with van der Waals surface area (Å²) in [6.45, 7) is 0.424. The van der Waals surface area contributed by atoms with Gasteiger partial charge in [-0.05, 0) is 23.8 Å². The molecule has 0 saturated heterocycles. The summed E-state index contributed by atoms with van der Waals surface area (Å²) in [5.41, 5.74) is 3.20. The van der Waals surface area contributed by atoms with E-state index in [1.165, 1.54) is 0 Å². The van der Waals surface area contributed by atoms with Crippen LogP contribution in [-0.4, -0.2) is 31.2 Å². The first-order valence-electron chi connectivity index (χ1n) is 5.97.